The second kappa shape index (κ2) is 7.76. The molecule has 1 saturated carbocycles. The number of carbonyl (C=O) groups excluding carboxylic acids is 1. The molecule has 21 heavy (non-hydrogen) atoms. The van der Waals surface area contributed by atoms with Crippen molar-refractivity contribution in [3.63, 3.8) is 0 Å². The van der Waals surface area contributed by atoms with Crippen molar-refractivity contribution < 1.29 is 14.7 Å². The maximum atomic E-state index is 11.8. The molecule has 0 aliphatic heterocycles. The number of amides is 1. The van der Waals surface area contributed by atoms with Crippen molar-refractivity contribution in [3.8, 4) is 0 Å². The standard InChI is InChI=1S/C16H22N2O3/c19-15(9-8-13-6-3-4-10-17-13)18-11-12-5-1-2-7-14(12)16(20)21/h3-4,6,10,12,14H,1-2,5,7-9,11H2,(H,18,19)(H,20,21). The van der Waals surface area contributed by atoms with Crippen LogP contribution in [0.5, 0.6) is 0 Å². The maximum absolute atomic E-state index is 11.8. The van der Waals surface area contributed by atoms with E-state index in [1.807, 2.05) is 18.2 Å². The first-order valence-corrected chi connectivity index (χ1v) is 7.56. The fraction of sp³-hybridized carbons (Fsp3) is 0.562. The lowest BCUT2D eigenvalue weighted by Gasteiger charge is -2.28. The molecule has 1 fully saturated rings. The molecule has 2 unspecified atom stereocenters. The Labute approximate surface area is 124 Å². The highest BCUT2D eigenvalue weighted by Gasteiger charge is 2.30. The minimum Gasteiger partial charge on any atom is -0.481 e. The summed E-state index contributed by atoms with van der Waals surface area (Å²) >= 11 is 0. The number of pyridine rings is 1. The molecule has 0 spiro atoms. The molecule has 114 valence electrons. The number of carbonyl (C=O) groups is 2. The van der Waals surface area contributed by atoms with Crippen LogP contribution in [0.2, 0.25) is 0 Å². The second-order valence-corrected chi connectivity index (χ2v) is 5.61. The van der Waals surface area contributed by atoms with Gasteiger partial charge in [0.1, 0.15) is 0 Å². The highest BCUT2D eigenvalue weighted by Crippen LogP contribution is 2.29. The van der Waals surface area contributed by atoms with Gasteiger partial charge in [-0.05, 0) is 37.3 Å². The molecule has 5 heteroatoms. The van der Waals surface area contributed by atoms with Gasteiger partial charge in [-0.15, -0.1) is 0 Å². The SMILES string of the molecule is O=C(CCc1ccccn1)NCC1CCCCC1C(=O)O. The van der Waals surface area contributed by atoms with Gasteiger partial charge in [0, 0.05) is 24.9 Å². The van der Waals surface area contributed by atoms with Crippen molar-refractivity contribution >= 4 is 11.9 Å². The number of nitrogens with one attached hydrogen (secondary N) is 1. The first-order chi connectivity index (χ1) is 10.2. The van der Waals surface area contributed by atoms with E-state index in [1.54, 1.807) is 6.20 Å². The van der Waals surface area contributed by atoms with Gasteiger partial charge in [0.05, 0.1) is 5.92 Å². The zero-order valence-corrected chi connectivity index (χ0v) is 12.1. The van der Waals surface area contributed by atoms with Crippen molar-refractivity contribution in [3.05, 3.63) is 30.1 Å². The molecule has 1 aromatic heterocycles. The molecule has 0 bridgehead atoms. The van der Waals surface area contributed by atoms with Crippen LogP contribution in [0.15, 0.2) is 24.4 Å². The maximum Gasteiger partial charge on any atom is 0.306 e. The normalized spacial score (nSPS) is 21.7. The van der Waals surface area contributed by atoms with Crippen LogP contribution in [0, 0.1) is 11.8 Å². The molecular formula is C16H22N2O3. The lowest BCUT2D eigenvalue weighted by atomic mass is 9.79. The quantitative estimate of drug-likeness (QED) is 0.840. The highest BCUT2D eigenvalue weighted by molar-refractivity contribution is 5.76. The zero-order valence-electron chi connectivity index (χ0n) is 12.1. The van der Waals surface area contributed by atoms with Gasteiger partial charge in [0.15, 0.2) is 0 Å². The van der Waals surface area contributed by atoms with Gasteiger partial charge in [-0.25, -0.2) is 0 Å². The summed E-state index contributed by atoms with van der Waals surface area (Å²) in [4.78, 5) is 27.2. The van der Waals surface area contributed by atoms with Gasteiger partial charge in [0.2, 0.25) is 5.91 Å². The van der Waals surface area contributed by atoms with E-state index in [0.717, 1.165) is 31.4 Å². The molecule has 1 aromatic rings. The number of aromatic nitrogens is 1. The molecular weight excluding hydrogens is 268 g/mol. The Morgan fingerprint density at radius 2 is 2.10 bits per heavy atom. The lowest BCUT2D eigenvalue weighted by Crippen LogP contribution is -2.37. The fourth-order valence-electron chi connectivity index (χ4n) is 2.90. The number of rotatable bonds is 6. The third kappa shape index (κ3) is 4.85. The molecule has 0 radical (unpaired) electrons. The number of nitrogens with zero attached hydrogens (tertiary/aromatic N) is 1. The van der Waals surface area contributed by atoms with Crippen molar-refractivity contribution in [2.45, 2.75) is 38.5 Å². The zero-order chi connectivity index (χ0) is 15.1. The number of aliphatic carboxylic acids is 1. The van der Waals surface area contributed by atoms with E-state index in [1.165, 1.54) is 0 Å². The summed E-state index contributed by atoms with van der Waals surface area (Å²) in [6.07, 6.45) is 6.36. The Balaban J connectivity index is 1.74. The summed E-state index contributed by atoms with van der Waals surface area (Å²) in [6.45, 7) is 0.470. The summed E-state index contributed by atoms with van der Waals surface area (Å²) < 4.78 is 0. The number of hydrogen-bond donors (Lipinski definition) is 2. The van der Waals surface area contributed by atoms with E-state index >= 15 is 0 Å². The van der Waals surface area contributed by atoms with Crippen LogP contribution in [-0.4, -0.2) is 28.5 Å². The van der Waals surface area contributed by atoms with Crippen LogP contribution in [0.1, 0.15) is 37.8 Å². The lowest BCUT2D eigenvalue weighted by molar-refractivity contribution is -0.145. The van der Waals surface area contributed by atoms with E-state index in [0.29, 0.717) is 19.4 Å². The highest BCUT2D eigenvalue weighted by atomic mass is 16.4. The predicted molar refractivity (Wildman–Crippen MR) is 78.7 cm³/mol. The summed E-state index contributed by atoms with van der Waals surface area (Å²) in [5.74, 6) is -1.01. The van der Waals surface area contributed by atoms with Gasteiger partial charge in [-0.3, -0.25) is 14.6 Å². The molecule has 1 amide bonds. The fourth-order valence-corrected chi connectivity index (χ4v) is 2.90. The molecule has 5 nitrogen and oxygen atoms in total. The first-order valence-electron chi connectivity index (χ1n) is 7.56. The molecule has 2 rings (SSSR count). The molecule has 2 atom stereocenters. The van der Waals surface area contributed by atoms with Crippen LogP contribution in [0.3, 0.4) is 0 Å². The van der Waals surface area contributed by atoms with Crippen molar-refractivity contribution in [1.82, 2.24) is 10.3 Å². The third-order valence-electron chi connectivity index (χ3n) is 4.12. The number of hydrogen-bond acceptors (Lipinski definition) is 3. The summed E-state index contributed by atoms with van der Waals surface area (Å²) in [6, 6.07) is 5.65. The van der Waals surface area contributed by atoms with Crippen LogP contribution in [0.25, 0.3) is 0 Å². The summed E-state index contributed by atoms with van der Waals surface area (Å²) in [7, 11) is 0. The minimum absolute atomic E-state index is 0.0321. The van der Waals surface area contributed by atoms with E-state index in [2.05, 4.69) is 10.3 Å². The number of aryl methyl sites for hydroxylation is 1. The van der Waals surface area contributed by atoms with Crippen molar-refractivity contribution in [2.75, 3.05) is 6.54 Å². The predicted octanol–water partition coefficient (Wildman–Crippen LogP) is 2.02. The van der Waals surface area contributed by atoms with Gasteiger partial charge in [-0.2, -0.15) is 0 Å². The summed E-state index contributed by atoms with van der Waals surface area (Å²) in [5, 5.41) is 12.1. The van der Waals surface area contributed by atoms with Crippen LogP contribution in [0.4, 0.5) is 0 Å². The Morgan fingerprint density at radius 3 is 2.81 bits per heavy atom. The van der Waals surface area contributed by atoms with E-state index in [9.17, 15) is 14.7 Å². The molecule has 0 saturated heterocycles. The summed E-state index contributed by atoms with van der Waals surface area (Å²) in [5.41, 5.74) is 0.897. The number of carboxylic acid groups (broad SMARTS) is 1. The smallest absolute Gasteiger partial charge is 0.306 e. The second-order valence-electron chi connectivity index (χ2n) is 5.61. The Morgan fingerprint density at radius 1 is 1.29 bits per heavy atom. The molecule has 2 N–H and O–H groups in total. The van der Waals surface area contributed by atoms with Gasteiger partial charge >= 0.3 is 5.97 Å². The average Bonchev–Trinajstić information content (AvgIpc) is 2.52. The van der Waals surface area contributed by atoms with E-state index in [4.69, 9.17) is 0 Å². The van der Waals surface area contributed by atoms with Crippen LogP contribution < -0.4 is 5.32 Å². The van der Waals surface area contributed by atoms with Gasteiger partial charge in [0.25, 0.3) is 0 Å². The molecule has 0 aromatic carbocycles. The van der Waals surface area contributed by atoms with Gasteiger partial charge < -0.3 is 10.4 Å². The molecule has 1 heterocycles. The van der Waals surface area contributed by atoms with Crippen LogP contribution >= 0.6 is 0 Å². The van der Waals surface area contributed by atoms with E-state index < -0.39 is 5.97 Å². The largest absolute Gasteiger partial charge is 0.481 e. The minimum atomic E-state index is -0.734. The third-order valence-corrected chi connectivity index (χ3v) is 4.12. The first kappa shape index (κ1) is 15.5. The Hall–Kier alpha value is -1.91. The Bertz CT molecular complexity index is 476. The monoisotopic (exact) mass is 290 g/mol. The Kier molecular flexibility index (Phi) is 5.72. The van der Waals surface area contributed by atoms with Crippen molar-refractivity contribution in [2.24, 2.45) is 11.8 Å². The molecule has 1 aliphatic rings. The van der Waals surface area contributed by atoms with Crippen LogP contribution in [-0.2, 0) is 16.0 Å². The topological polar surface area (TPSA) is 79.3 Å². The van der Waals surface area contributed by atoms with Gasteiger partial charge in [-0.1, -0.05) is 18.9 Å². The van der Waals surface area contributed by atoms with E-state index in [-0.39, 0.29) is 17.7 Å². The molecule has 1 aliphatic carbocycles. The average molecular weight is 290 g/mol. The van der Waals surface area contributed by atoms with Crippen molar-refractivity contribution in [1.29, 1.82) is 0 Å². The number of carboxylic acids is 1.